The highest BCUT2D eigenvalue weighted by Crippen LogP contribution is 2.24. The number of nitrogens with zero attached hydrogens (tertiary/aromatic N) is 1. The molecule has 1 saturated heterocycles. The lowest BCUT2D eigenvalue weighted by Crippen LogP contribution is -2.33. The predicted molar refractivity (Wildman–Crippen MR) is 93.4 cm³/mol. The molecule has 4 nitrogen and oxygen atoms in total. The molecule has 0 aromatic heterocycles. The Bertz CT molecular complexity index is 344. The number of amides is 1. The zero-order valence-electron chi connectivity index (χ0n) is 14.9. The lowest BCUT2D eigenvalue weighted by molar-refractivity contribution is -0.137. The first-order valence-electron chi connectivity index (χ1n) is 9.66. The number of rotatable bonds is 14. The Labute approximate surface area is 141 Å². The Morgan fingerprint density at radius 3 is 2.43 bits per heavy atom. The van der Waals surface area contributed by atoms with Crippen LogP contribution < -0.4 is 0 Å². The van der Waals surface area contributed by atoms with E-state index in [0.29, 0.717) is 11.9 Å². The third kappa shape index (κ3) is 8.97. The van der Waals surface area contributed by atoms with Gasteiger partial charge in [-0.2, -0.15) is 0 Å². The normalized spacial score (nSPS) is 17.9. The second-order valence-corrected chi connectivity index (χ2v) is 6.89. The highest BCUT2D eigenvalue weighted by atomic mass is 16.4. The van der Waals surface area contributed by atoms with Crippen molar-refractivity contribution in [3.05, 3.63) is 0 Å². The van der Waals surface area contributed by atoms with Crippen molar-refractivity contribution in [1.29, 1.82) is 0 Å². The number of unbranched alkanes of at least 4 members (excludes halogenated alkanes) is 8. The first kappa shape index (κ1) is 20.0. The van der Waals surface area contributed by atoms with E-state index in [0.717, 1.165) is 51.5 Å². The summed E-state index contributed by atoms with van der Waals surface area (Å²) in [4.78, 5) is 24.6. The molecule has 134 valence electrons. The topological polar surface area (TPSA) is 57.6 Å². The van der Waals surface area contributed by atoms with Crippen LogP contribution in [0.25, 0.3) is 0 Å². The third-order valence-corrected chi connectivity index (χ3v) is 4.88. The Kier molecular flexibility index (Phi) is 10.8. The fourth-order valence-corrected chi connectivity index (χ4v) is 3.47. The summed E-state index contributed by atoms with van der Waals surface area (Å²) >= 11 is 0. The molecular weight excluding hydrogens is 290 g/mol. The van der Waals surface area contributed by atoms with E-state index < -0.39 is 5.97 Å². The van der Waals surface area contributed by atoms with E-state index >= 15 is 0 Å². The van der Waals surface area contributed by atoms with Gasteiger partial charge in [0.25, 0.3) is 0 Å². The van der Waals surface area contributed by atoms with Crippen molar-refractivity contribution in [1.82, 2.24) is 4.90 Å². The van der Waals surface area contributed by atoms with Gasteiger partial charge >= 0.3 is 5.97 Å². The van der Waals surface area contributed by atoms with Gasteiger partial charge in [0.05, 0.1) is 0 Å². The van der Waals surface area contributed by atoms with Crippen molar-refractivity contribution in [2.45, 2.75) is 103 Å². The molecule has 0 unspecified atom stereocenters. The Morgan fingerprint density at radius 2 is 1.70 bits per heavy atom. The fourth-order valence-electron chi connectivity index (χ4n) is 3.47. The average molecular weight is 325 g/mol. The second-order valence-electron chi connectivity index (χ2n) is 6.89. The molecule has 0 radical (unpaired) electrons. The summed E-state index contributed by atoms with van der Waals surface area (Å²) in [6.07, 6.45) is 14.8. The van der Waals surface area contributed by atoms with Gasteiger partial charge in [-0.25, -0.2) is 0 Å². The van der Waals surface area contributed by atoms with Crippen LogP contribution in [0, 0.1) is 0 Å². The zero-order chi connectivity index (χ0) is 16.9. The van der Waals surface area contributed by atoms with E-state index in [-0.39, 0.29) is 6.42 Å². The number of carbonyl (C=O) groups is 2. The van der Waals surface area contributed by atoms with Gasteiger partial charge in [0, 0.05) is 25.4 Å². The van der Waals surface area contributed by atoms with Crippen LogP contribution in [0.3, 0.4) is 0 Å². The van der Waals surface area contributed by atoms with Crippen molar-refractivity contribution in [2.75, 3.05) is 6.54 Å². The average Bonchev–Trinajstić information content (AvgIpc) is 2.86. The zero-order valence-corrected chi connectivity index (χ0v) is 14.9. The molecule has 0 aromatic rings. The molecule has 23 heavy (non-hydrogen) atoms. The summed E-state index contributed by atoms with van der Waals surface area (Å²) in [5, 5.41) is 8.61. The minimum Gasteiger partial charge on any atom is -0.481 e. The molecule has 0 aliphatic carbocycles. The molecule has 1 aliphatic rings. The van der Waals surface area contributed by atoms with E-state index in [4.69, 9.17) is 5.11 Å². The van der Waals surface area contributed by atoms with Crippen molar-refractivity contribution in [3.8, 4) is 0 Å². The molecule has 0 spiro atoms. The maximum atomic E-state index is 12.0. The monoisotopic (exact) mass is 325 g/mol. The molecule has 0 aromatic carbocycles. The van der Waals surface area contributed by atoms with Crippen LogP contribution in [0.5, 0.6) is 0 Å². The SMILES string of the molecule is CCCCCCCC[C@@H]1CCC(=O)N1CCCCCCC(=O)O. The summed E-state index contributed by atoms with van der Waals surface area (Å²) in [5.41, 5.74) is 0. The number of aliphatic carboxylic acids is 1. The van der Waals surface area contributed by atoms with Crippen LogP contribution in [0.4, 0.5) is 0 Å². The minimum atomic E-state index is -0.710. The Hall–Kier alpha value is -1.06. The van der Waals surface area contributed by atoms with Gasteiger partial charge < -0.3 is 10.0 Å². The van der Waals surface area contributed by atoms with Gasteiger partial charge in [0.15, 0.2) is 0 Å². The molecule has 4 heteroatoms. The van der Waals surface area contributed by atoms with E-state index in [1.54, 1.807) is 0 Å². The van der Waals surface area contributed by atoms with Crippen molar-refractivity contribution < 1.29 is 14.7 Å². The van der Waals surface area contributed by atoms with Crippen LogP contribution >= 0.6 is 0 Å². The van der Waals surface area contributed by atoms with Crippen LogP contribution in [0.15, 0.2) is 0 Å². The first-order chi connectivity index (χ1) is 11.1. The molecule has 1 aliphatic heterocycles. The van der Waals surface area contributed by atoms with E-state index in [1.165, 1.54) is 38.5 Å². The lowest BCUT2D eigenvalue weighted by atomic mass is 10.0. The number of hydrogen-bond acceptors (Lipinski definition) is 2. The van der Waals surface area contributed by atoms with Gasteiger partial charge in [-0.05, 0) is 25.7 Å². The summed E-state index contributed by atoms with van der Waals surface area (Å²) in [5.74, 6) is -0.384. The van der Waals surface area contributed by atoms with Crippen LogP contribution in [-0.4, -0.2) is 34.5 Å². The summed E-state index contributed by atoms with van der Waals surface area (Å²) in [7, 11) is 0. The Balaban J connectivity index is 2.11. The smallest absolute Gasteiger partial charge is 0.303 e. The number of carboxylic acid groups (broad SMARTS) is 1. The maximum Gasteiger partial charge on any atom is 0.303 e. The highest BCUT2D eigenvalue weighted by molar-refractivity contribution is 5.78. The van der Waals surface area contributed by atoms with Crippen molar-refractivity contribution >= 4 is 11.9 Å². The quantitative estimate of drug-likeness (QED) is 0.468. The van der Waals surface area contributed by atoms with Crippen LogP contribution in [0.2, 0.25) is 0 Å². The second kappa shape index (κ2) is 12.4. The number of carboxylic acids is 1. The van der Waals surface area contributed by atoms with Gasteiger partial charge in [-0.3, -0.25) is 9.59 Å². The summed E-state index contributed by atoms with van der Waals surface area (Å²) in [6.45, 7) is 3.11. The van der Waals surface area contributed by atoms with E-state index in [2.05, 4.69) is 11.8 Å². The summed E-state index contributed by atoms with van der Waals surface area (Å²) < 4.78 is 0. The molecule has 0 bridgehead atoms. The summed E-state index contributed by atoms with van der Waals surface area (Å²) in [6, 6.07) is 0.465. The number of carbonyl (C=O) groups excluding carboxylic acids is 1. The highest BCUT2D eigenvalue weighted by Gasteiger charge is 2.29. The molecular formula is C19H35NO3. The van der Waals surface area contributed by atoms with Gasteiger partial charge in [0.1, 0.15) is 0 Å². The van der Waals surface area contributed by atoms with Gasteiger partial charge in [0.2, 0.25) is 5.91 Å². The largest absolute Gasteiger partial charge is 0.481 e. The number of likely N-dealkylation sites (tertiary alicyclic amines) is 1. The molecule has 0 saturated carbocycles. The third-order valence-electron chi connectivity index (χ3n) is 4.88. The molecule has 1 N–H and O–H groups in total. The first-order valence-corrected chi connectivity index (χ1v) is 9.66. The fraction of sp³-hybridized carbons (Fsp3) is 0.895. The molecule has 1 heterocycles. The number of hydrogen-bond donors (Lipinski definition) is 1. The molecule has 1 rings (SSSR count). The van der Waals surface area contributed by atoms with E-state index in [9.17, 15) is 9.59 Å². The molecule has 1 fully saturated rings. The lowest BCUT2D eigenvalue weighted by Gasteiger charge is -2.25. The minimum absolute atomic E-state index is 0.267. The molecule has 1 atom stereocenters. The van der Waals surface area contributed by atoms with Gasteiger partial charge in [-0.15, -0.1) is 0 Å². The van der Waals surface area contributed by atoms with Crippen LogP contribution in [0.1, 0.15) is 96.8 Å². The Morgan fingerprint density at radius 1 is 1.04 bits per heavy atom. The molecule has 1 amide bonds. The van der Waals surface area contributed by atoms with Crippen molar-refractivity contribution in [2.24, 2.45) is 0 Å². The van der Waals surface area contributed by atoms with Crippen molar-refractivity contribution in [3.63, 3.8) is 0 Å². The van der Waals surface area contributed by atoms with Crippen LogP contribution in [-0.2, 0) is 9.59 Å². The maximum absolute atomic E-state index is 12.0. The predicted octanol–water partition coefficient (Wildman–Crippen LogP) is 4.76. The standard InChI is InChI=1S/C19H35NO3/c1-2-3-4-5-6-9-12-17-14-15-18(21)20(17)16-11-8-7-10-13-19(22)23/h17H,2-16H2,1H3,(H,22,23)/t17-/m1/s1. The van der Waals surface area contributed by atoms with E-state index in [1.807, 2.05) is 0 Å². The van der Waals surface area contributed by atoms with Gasteiger partial charge in [-0.1, -0.05) is 58.3 Å².